The summed E-state index contributed by atoms with van der Waals surface area (Å²) in [5, 5.41) is 7.30. The molecular formula is C13H17N3. The SMILES string of the molecule is Cc1ccc(-c2n[nH]c(CN)c2C)cc1C. The summed E-state index contributed by atoms with van der Waals surface area (Å²) in [6, 6.07) is 6.39. The van der Waals surface area contributed by atoms with Gasteiger partial charge >= 0.3 is 0 Å². The molecular weight excluding hydrogens is 198 g/mol. The zero-order chi connectivity index (χ0) is 11.7. The molecule has 0 aliphatic rings. The van der Waals surface area contributed by atoms with E-state index in [1.54, 1.807) is 0 Å². The normalized spacial score (nSPS) is 10.8. The monoisotopic (exact) mass is 215 g/mol. The van der Waals surface area contributed by atoms with Crippen LogP contribution in [-0.2, 0) is 6.54 Å². The average Bonchev–Trinajstić information content (AvgIpc) is 2.64. The van der Waals surface area contributed by atoms with Gasteiger partial charge in [-0.15, -0.1) is 0 Å². The Kier molecular flexibility index (Phi) is 2.79. The molecule has 84 valence electrons. The van der Waals surface area contributed by atoms with Crippen molar-refractivity contribution < 1.29 is 0 Å². The molecule has 0 bridgehead atoms. The van der Waals surface area contributed by atoms with Crippen LogP contribution in [-0.4, -0.2) is 10.2 Å². The Morgan fingerprint density at radius 3 is 2.50 bits per heavy atom. The highest BCUT2D eigenvalue weighted by molar-refractivity contribution is 5.65. The van der Waals surface area contributed by atoms with Crippen molar-refractivity contribution >= 4 is 0 Å². The Labute approximate surface area is 95.7 Å². The zero-order valence-electron chi connectivity index (χ0n) is 9.96. The molecule has 0 unspecified atom stereocenters. The summed E-state index contributed by atoms with van der Waals surface area (Å²) in [5.41, 5.74) is 12.5. The molecule has 0 saturated heterocycles. The number of hydrogen-bond acceptors (Lipinski definition) is 2. The van der Waals surface area contributed by atoms with E-state index >= 15 is 0 Å². The number of rotatable bonds is 2. The molecule has 0 spiro atoms. The first-order valence-corrected chi connectivity index (χ1v) is 5.45. The van der Waals surface area contributed by atoms with Crippen molar-refractivity contribution in [3.05, 3.63) is 40.6 Å². The summed E-state index contributed by atoms with van der Waals surface area (Å²) in [6.45, 7) is 6.78. The van der Waals surface area contributed by atoms with Crippen LogP contribution in [0.2, 0.25) is 0 Å². The number of aryl methyl sites for hydroxylation is 2. The minimum Gasteiger partial charge on any atom is -0.325 e. The van der Waals surface area contributed by atoms with Crippen LogP contribution >= 0.6 is 0 Å². The Hall–Kier alpha value is -1.61. The van der Waals surface area contributed by atoms with Gasteiger partial charge in [-0.25, -0.2) is 0 Å². The topological polar surface area (TPSA) is 54.7 Å². The van der Waals surface area contributed by atoms with Crippen LogP contribution in [0.4, 0.5) is 0 Å². The van der Waals surface area contributed by atoms with E-state index in [9.17, 15) is 0 Å². The van der Waals surface area contributed by atoms with Crippen molar-refractivity contribution in [3.63, 3.8) is 0 Å². The Morgan fingerprint density at radius 2 is 1.94 bits per heavy atom. The van der Waals surface area contributed by atoms with Crippen molar-refractivity contribution in [2.24, 2.45) is 5.73 Å². The minimum absolute atomic E-state index is 0.504. The van der Waals surface area contributed by atoms with E-state index < -0.39 is 0 Å². The van der Waals surface area contributed by atoms with Gasteiger partial charge in [-0.05, 0) is 43.5 Å². The van der Waals surface area contributed by atoms with Crippen molar-refractivity contribution in [1.29, 1.82) is 0 Å². The zero-order valence-corrected chi connectivity index (χ0v) is 9.96. The molecule has 1 aromatic carbocycles. The number of aromatic nitrogens is 2. The van der Waals surface area contributed by atoms with Crippen molar-refractivity contribution in [1.82, 2.24) is 10.2 Å². The van der Waals surface area contributed by atoms with Gasteiger partial charge in [0.25, 0.3) is 0 Å². The highest BCUT2D eigenvalue weighted by atomic mass is 15.1. The summed E-state index contributed by atoms with van der Waals surface area (Å²) in [6.07, 6.45) is 0. The molecule has 0 radical (unpaired) electrons. The molecule has 0 fully saturated rings. The van der Waals surface area contributed by atoms with Crippen LogP contribution in [0.1, 0.15) is 22.4 Å². The predicted molar refractivity (Wildman–Crippen MR) is 66.1 cm³/mol. The van der Waals surface area contributed by atoms with Crippen LogP contribution in [0.3, 0.4) is 0 Å². The lowest BCUT2D eigenvalue weighted by Crippen LogP contribution is -1.98. The molecule has 0 saturated carbocycles. The van der Waals surface area contributed by atoms with E-state index in [1.165, 1.54) is 11.1 Å². The fourth-order valence-electron chi connectivity index (χ4n) is 1.80. The molecule has 0 atom stereocenters. The number of aromatic amines is 1. The molecule has 2 aromatic rings. The van der Waals surface area contributed by atoms with Gasteiger partial charge in [-0.2, -0.15) is 5.10 Å². The van der Waals surface area contributed by atoms with E-state index in [1.807, 2.05) is 0 Å². The van der Waals surface area contributed by atoms with Crippen molar-refractivity contribution in [2.75, 3.05) is 0 Å². The summed E-state index contributed by atoms with van der Waals surface area (Å²) in [5.74, 6) is 0. The first kappa shape index (κ1) is 10.9. The van der Waals surface area contributed by atoms with Crippen LogP contribution in [0, 0.1) is 20.8 Å². The van der Waals surface area contributed by atoms with Crippen LogP contribution in [0.15, 0.2) is 18.2 Å². The van der Waals surface area contributed by atoms with Gasteiger partial charge < -0.3 is 5.73 Å². The maximum atomic E-state index is 5.62. The number of nitrogens with two attached hydrogens (primary N) is 1. The van der Waals surface area contributed by atoms with Crippen molar-refractivity contribution in [2.45, 2.75) is 27.3 Å². The highest BCUT2D eigenvalue weighted by Gasteiger charge is 2.09. The maximum absolute atomic E-state index is 5.62. The quantitative estimate of drug-likeness (QED) is 0.808. The van der Waals surface area contributed by atoms with Gasteiger partial charge in [0.2, 0.25) is 0 Å². The summed E-state index contributed by atoms with van der Waals surface area (Å²) < 4.78 is 0. The largest absolute Gasteiger partial charge is 0.325 e. The first-order chi connectivity index (χ1) is 7.63. The van der Waals surface area contributed by atoms with Gasteiger partial charge in [-0.1, -0.05) is 12.1 Å². The second-order valence-corrected chi connectivity index (χ2v) is 4.18. The standard InChI is InChI=1S/C13H17N3/c1-8-4-5-11(6-9(8)2)13-10(3)12(7-14)15-16-13/h4-6H,7,14H2,1-3H3,(H,15,16). The van der Waals surface area contributed by atoms with E-state index in [0.29, 0.717) is 6.54 Å². The van der Waals surface area contributed by atoms with Crippen LogP contribution in [0.25, 0.3) is 11.3 Å². The third-order valence-corrected chi connectivity index (χ3v) is 3.10. The van der Waals surface area contributed by atoms with Gasteiger partial charge in [0.15, 0.2) is 0 Å². The molecule has 3 N–H and O–H groups in total. The molecule has 0 aliphatic heterocycles. The number of hydrogen-bond donors (Lipinski definition) is 2. The van der Waals surface area contributed by atoms with Gasteiger partial charge in [0.05, 0.1) is 11.4 Å². The van der Waals surface area contributed by atoms with Gasteiger partial charge in [-0.3, -0.25) is 5.10 Å². The van der Waals surface area contributed by atoms with E-state index in [-0.39, 0.29) is 0 Å². The Morgan fingerprint density at radius 1 is 1.19 bits per heavy atom. The molecule has 1 aromatic heterocycles. The lowest BCUT2D eigenvalue weighted by Gasteiger charge is -2.03. The number of nitrogens with zero attached hydrogens (tertiary/aromatic N) is 1. The Bertz CT molecular complexity index is 512. The summed E-state index contributed by atoms with van der Waals surface area (Å²) in [7, 11) is 0. The molecule has 3 nitrogen and oxygen atoms in total. The van der Waals surface area contributed by atoms with Gasteiger partial charge in [0.1, 0.15) is 0 Å². The number of nitrogens with one attached hydrogen (secondary N) is 1. The predicted octanol–water partition coefficient (Wildman–Crippen LogP) is 2.46. The number of H-pyrrole nitrogens is 1. The fraction of sp³-hybridized carbons (Fsp3) is 0.308. The molecule has 2 rings (SSSR count). The van der Waals surface area contributed by atoms with Crippen molar-refractivity contribution in [3.8, 4) is 11.3 Å². The maximum Gasteiger partial charge on any atom is 0.0953 e. The average molecular weight is 215 g/mol. The van der Waals surface area contributed by atoms with E-state index in [4.69, 9.17) is 5.73 Å². The molecule has 1 heterocycles. The molecule has 16 heavy (non-hydrogen) atoms. The minimum atomic E-state index is 0.504. The smallest absolute Gasteiger partial charge is 0.0953 e. The van der Waals surface area contributed by atoms with E-state index in [2.05, 4.69) is 49.2 Å². The second kappa shape index (κ2) is 4.10. The Balaban J connectivity index is 2.50. The van der Waals surface area contributed by atoms with Gasteiger partial charge in [0, 0.05) is 12.1 Å². The lowest BCUT2D eigenvalue weighted by molar-refractivity contribution is 0.941. The highest BCUT2D eigenvalue weighted by Crippen LogP contribution is 2.24. The molecule has 0 amide bonds. The fourth-order valence-corrected chi connectivity index (χ4v) is 1.80. The number of benzene rings is 1. The summed E-state index contributed by atoms with van der Waals surface area (Å²) >= 11 is 0. The third kappa shape index (κ3) is 1.74. The second-order valence-electron chi connectivity index (χ2n) is 4.18. The van der Waals surface area contributed by atoms with E-state index in [0.717, 1.165) is 22.5 Å². The molecule has 0 aliphatic carbocycles. The first-order valence-electron chi connectivity index (χ1n) is 5.45. The third-order valence-electron chi connectivity index (χ3n) is 3.10. The van der Waals surface area contributed by atoms with Crippen LogP contribution in [0.5, 0.6) is 0 Å². The lowest BCUT2D eigenvalue weighted by atomic mass is 10.0. The molecule has 3 heteroatoms. The summed E-state index contributed by atoms with van der Waals surface area (Å²) in [4.78, 5) is 0. The van der Waals surface area contributed by atoms with Crippen LogP contribution < -0.4 is 5.73 Å².